The first-order chi connectivity index (χ1) is 19.3. The minimum atomic E-state index is -0.300. The third-order valence-electron chi connectivity index (χ3n) is 6.80. The smallest absolute Gasteiger partial charge is 0.248 e. The normalized spacial score (nSPS) is 15.3. The van der Waals surface area contributed by atoms with Gasteiger partial charge in [0.25, 0.3) is 0 Å². The summed E-state index contributed by atoms with van der Waals surface area (Å²) in [4.78, 5) is 43.4. The van der Waals surface area contributed by atoms with Crippen molar-refractivity contribution < 1.29 is 23.8 Å². The standard InChI is InChI=1S/C28H37N7O5/c1-19(2)22-14-25(32-28(31-22)34-9-8-29-18-34)35-11-10-33(27(37)17-38-3)16-21(35)13-26(36)30-15-20-6-7-23(39-4)24(12-20)40-5/h6-9,12,14,18-19,21H,10-11,13,15-17H2,1-5H3,(H,30,36). The van der Waals surface area contributed by atoms with Crippen LogP contribution in [0.5, 0.6) is 11.5 Å². The highest BCUT2D eigenvalue weighted by molar-refractivity contribution is 5.79. The number of aromatic nitrogens is 4. The molecule has 2 aromatic heterocycles. The molecule has 1 aromatic carbocycles. The molecule has 1 saturated heterocycles. The molecule has 12 heteroatoms. The van der Waals surface area contributed by atoms with Crippen molar-refractivity contribution in [1.29, 1.82) is 0 Å². The van der Waals surface area contributed by atoms with Crippen LogP contribution in [0.1, 0.15) is 37.4 Å². The molecule has 3 aromatic rings. The van der Waals surface area contributed by atoms with Crippen LogP contribution in [0.3, 0.4) is 0 Å². The summed E-state index contributed by atoms with van der Waals surface area (Å²) in [6.45, 7) is 5.85. The van der Waals surface area contributed by atoms with Crippen molar-refractivity contribution >= 4 is 17.6 Å². The Kier molecular flexibility index (Phi) is 9.54. The molecule has 0 radical (unpaired) electrons. The third-order valence-corrected chi connectivity index (χ3v) is 6.80. The number of carbonyl (C=O) groups excluding carboxylic acids is 2. The molecule has 3 heterocycles. The van der Waals surface area contributed by atoms with Crippen LogP contribution in [0.2, 0.25) is 0 Å². The number of hydrogen-bond acceptors (Lipinski definition) is 9. The fourth-order valence-corrected chi connectivity index (χ4v) is 4.63. The number of nitrogens with zero attached hydrogens (tertiary/aromatic N) is 6. The third kappa shape index (κ3) is 6.87. The van der Waals surface area contributed by atoms with E-state index < -0.39 is 0 Å². The minimum absolute atomic E-state index is 0.00595. The van der Waals surface area contributed by atoms with Crippen molar-refractivity contribution in [3.05, 3.63) is 54.2 Å². The van der Waals surface area contributed by atoms with Crippen molar-refractivity contribution in [1.82, 2.24) is 29.7 Å². The fourth-order valence-electron chi connectivity index (χ4n) is 4.63. The second-order valence-electron chi connectivity index (χ2n) is 9.87. The maximum absolute atomic E-state index is 13.2. The number of methoxy groups -OCH3 is 3. The molecule has 40 heavy (non-hydrogen) atoms. The van der Waals surface area contributed by atoms with Crippen LogP contribution in [0.15, 0.2) is 43.0 Å². The summed E-state index contributed by atoms with van der Waals surface area (Å²) in [6.07, 6.45) is 5.30. The highest BCUT2D eigenvalue weighted by atomic mass is 16.5. The molecule has 0 bridgehead atoms. The van der Waals surface area contributed by atoms with Crippen LogP contribution in [0, 0.1) is 0 Å². The molecule has 12 nitrogen and oxygen atoms in total. The largest absolute Gasteiger partial charge is 0.493 e. The average molecular weight is 552 g/mol. The highest BCUT2D eigenvalue weighted by Crippen LogP contribution is 2.28. The van der Waals surface area contributed by atoms with Crippen molar-refractivity contribution in [2.75, 3.05) is 52.5 Å². The van der Waals surface area contributed by atoms with E-state index >= 15 is 0 Å². The number of ether oxygens (including phenoxy) is 3. The number of imidazole rings is 1. The van der Waals surface area contributed by atoms with Crippen LogP contribution in [-0.4, -0.2) is 89.8 Å². The molecule has 1 N–H and O–H groups in total. The second-order valence-corrected chi connectivity index (χ2v) is 9.87. The molecule has 0 aliphatic carbocycles. The summed E-state index contributed by atoms with van der Waals surface area (Å²) in [7, 11) is 4.65. The molecule has 1 aliphatic heterocycles. The lowest BCUT2D eigenvalue weighted by molar-refractivity contribution is -0.136. The van der Waals surface area contributed by atoms with Gasteiger partial charge in [-0.1, -0.05) is 19.9 Å². The van der Waals surface area contributed by atoms with Crippen molar-refractivity contribution in [3.8, 4) is 17.4 Å². The van der Waals surface area contributed by atoms with Crippen LogP contribution in [0.4, 0.5) is 5.82 Å². The molecule has 1 atom stereocenters. The van der Waals surface area contributed by atoms with E-state index in [0.717, 1.165) is 11.3 Å². The zero-order valence-corrected chi connectivity index (χ0v) is 23.7. The van der Waals surface area contributed by atoms with Gasteiger partial charge in [0.1, 0.15) is 18.8 Å². The zero-order valence-electron chi connectivity index (χ0n) is 23.7. The highest BCUT2D eigenvalue weighted by Gasteiger charge is 2.32. The number of hydrogen-bond donors (Lipinski definition) is 1. The first-order valence-corrected chi connectivity index (χ1v) is 13.2. The Morgan fingerprint density at radius 2 is 1.88 bits per heavy atom. The van der Waals surface area contributed by atoms with Gasteiger partial charge < -0.3 is 29.3 Å². The zero-order chi connectivity index (χ0) is 28.6. The molecular weight excluding hydrogens is 514 g/mol. The second kappa shape index (κ2) is 13.2. The van der Waals surface area contributed by atoms with E-state index in [4.69, 9.17) is 24.2 Å². The Labute approximate surface area is 234 Å². The van der Waals surface area contributed by atoms with Crippen LogP contribution in [0.25, 0.3) is 5.95 Å². The van der Waals surface area contributed by atoms with Crippen molar-refractivity contribution in [2.45, 2.75) is 38.8 Å². The summed E-state index contributed by atoms with van der Waals surface area (Å²) in [5, 5.41) is 3.00. The quantitative estimate of drug-likeness (QED) is 0.382. The van der Waals surface area contributed by atoms with Gasteiger partial charge >= 0.3 is 0 Å². The summed E-state index contributed by atoms with van der Waals surface area (Å²) in [5.41, 5.74) is 1.76. The SMILES string of the molecule is COCC(=O)N1CCN(c2cc(C(C)C)nc(-n3ccnc3)n2)C(CC(=O)NCc2ccc(OC)c(OC)c2)C1. The fraction of sp³-hybridized carbons (Fsp3) is 0.464. The Hall–Kier alpha value is -4.19. The Bertz CT molecular complexity index is 1300. The number of piperazine rings is 1. The molecule has 214 valence electrons. The first kappa shape index (κ1) is 28.8. The Morgan fingerprint density at radius 3 is 2.55 bits per heavy atom. The van der Waals surface area contributed by atoms with E-state index in [1.165, 1.54) is 7.11 Å². The van der Waals surface area contributed by atoms with E-state index in [9.17, 15) is 9.59 Å². The lowest BCUT2D eigenvalue weighted by Gasteiger charge is -2.42. The van der Waals surface area contributed by atoms with E-state index in [-0.39, 0.29) is 36.8 Å². The molecule has 1 aliphatic rings. The topological polar surface area (TPSA) is 124 Å². The van der Waals surface area contributed by atoms with Crippen LogP contribution in [-0.2, 0) is 20.9 Å². The van der Waals surface area contributed by atoms with E-state index in [1.54, 1.807) is 42.4 Å². The molecular formula is C28H37N7O5. The molecule has 4 rings (SSSR count). The van der Waals surface area contributed by atoms with Gasteiger partial charge in [0.2, 0.25) is 17.8 Å². The van der Waals surface area contributed by atoms with Gasteiger partial charge in [0, 0.05) is 58.2 Å². The molecule has 1 fully saturated rings. The number of carbonyl (C=O) groups is 2. The van der Waals surface area contributed by atoms with Crippen LogP contribution < -0.4 is 19.7 Å². The van der Waals surface area contributed by atoms with Gasteiger partial charge in [-0.05, 0) is 23.6 Å². The molecule has 0 saturated carbocycles. The Balaban J connectivity index is 1.56. The average Bonchev–Trinajstić information content (AvgIpc) is 3.51. The lowest BCUT2D eigenvalue weighted by Crippen LogP contribution is -2.57. The minimum Gasteiger partial charge on any atom is -0.493 e. The number of amides is 2. The number of benzene rings is 1. The number of anilines is 1. The maximum atomic E-state index is 13.2. The van der Waals surface area contributed by atoms with Gasteiger partial charge in [-0.15, -0.1) is 0 Å². The summed E-state index contributed by atoms with van der Waals surface area (Å²) >= 11 is 0. The maximum Gasteiger partial charge on any atom is 0.248 e. The number of rotatable bonds is 11. The van der Waals surface area contributed by atoms with Crippen LogP contribution >= 0.6 is 0 Å². The number of nitrogens with one attached hydrogen (secondary N) is 1. The Morgan fingerprint density at radius 1 is 1.07 bits per heavy atom. The first-order valence-electron chi connectivity index (χ1n) is 13.2. The summed E-state index contributed by atoms with van der Waals surface area (Å²) in [6, 6.07) is 7.19. The molecule has 1 unspecified atom stereocenters. The van der Waals surface area contributed by atoms with Gasteiger partial charge in [0.15, 0.2) is 11.5 Å². The monoisotopic (exact) mass is 551 g/mol. The summed E-state index contributed by atoms with van der Waals surface area (Å²) < 4.78 is 17.5. The van der Waals surface area contributed by atoms with Gasteiger partial charge in [-0.25, -0.2) is 9.97 Å². The van der Waals surface area contributed by atoms with Gasteiger partial charge in [-0.3, -0.25) is 14.2 Å². The summed E-state index contributed by atoms with van der Waals surface area (Å²) in [5.74, 6) is 2.35. The van der Waals surface area contributed by atoms with Gasteiger partial charge in [-0.2, -0.15) is 4.98 Å². The van der Waals surface area contributed by atoms with Crippen molar-refractivity contribution in [2.24, 2.45) is 0 Å². The van der Waals surface area contributed by atoms with E-state index in [1.807, 2.05) is 24.3 Å². The van der Waals surface area contributed by atoms with E-state index in [2.05, 4.69) is 29.0 Å². The predicted octanol–water partition coefficient (Wildman–Crippen LogP) is 2.17. The predicted molar refractivity (Wildman–Crippen MR) is 149 cm³/mol. The van der Waals surface area contributed by atoms with Crippen molar-refractivity contribution in [3.63, 3.8) is 0 Å². The molecule has 2 amide bonds. The van der Waals surface area contributed by atoms with E-state index in [0.29, 0.717) is 49.4 Å². The lowest BCUT2D eigenvalue weighted by atomic mass is 10.1. The van der Waals surface area contributed by atoms with Gasteiger partial charge in [0.05, 0.1) is 26.0 Å². The molecule has 0 spiro atoms.